The van der Waals surface area contributed by atoms with Gasteiger partial charge in [-0.2, -0.15) is 0 Å². The van der Waals surface area contributed by atoms with Crippen LogP contribution < -0.4 is 5.46 Å². The van der Waals surface area contributed by atoms with Gasteiger partial charge in [-0.25, -0.2) is 9.59 Å². The van der Waals surface area contributed by atoms with Crippen molar-refractivity contribution in [2.24, 2.45) is 11.8 Å². The van der Waals surface area contributed by atoms with Gasteiger partial charge >= 0.3 is 19.1 Å². The fourth-order valence-electron chi connectivity index (χ4n) is 4.27. The van der Waals surface area contributed by atoms with Crippen LogP contribution >= 0.6 is 15.9 Å². The van der Waals surface area contributed by atoms with Crippen LogP contribution in [-0.2, 0) is 22.6 Å². The Kier molecular flexibility index (Phi) is 11.1. The quantitative estimate of drug-likeness (QED) is 0.220. The molecule has 2 aliphatic carbocycles. The number of hydrogen-bond acceptors (Lipinski definition) is 8. The van der Waals surface area contributed by atoms with Gasteiger partial charge in [0, 0.05) is 48.9 Å². The number of carbonyl (C=O) groups is 2. The molecule has 0 amide bonds. The maximum atomic E-state index is 11.8. The lowest BCUT2D eigenvalue weighted by atomic mass is 9.82. The minimum atomic E-state index is -1.40. The molecule has 0 saturated heterocycles. The van der Waals surface area contributed by atoms with Gasteiger partial charge < -0.3 is 28.7 Å². The predicted octanol–water partition coefficient (Wildman–Crippen LogP) is 3.96. The van der Waals surface area contributed by atoms with Crippen LogP contribution in [-0.4, -0.2) is 62.4 Å². The van der Waals surface area contributed by atoms with Crippen molar-refractivity contribution in [2.45, 2.75) is 38.8 Å². The Bertz CT molecular complexity index is 1450. The first-order valence-corrected chi connectivity index (χ1v) is 14.5. The highest BCUT2D eigenvalue weighted by molar-refractivity contribution is 9.10. The molecule has 0 aliphatic heterocycles. The molecule has 4 aromatic heterocycles. The Morgan fingerprint density at radius 3 is 1.86 bits per heavy atom. The van der Waals surface area contributed by atoms with E-state index >= 15 is 0 Å². The molecule has 4 heterocycles. The van der Waals surface area contributed by atoms with Gasteiger partial charge in [0.1, 0.15) is 11.4 Å². The summed E-state index contributed by atoms with van der Waals surface area (Å²) in [6, 6.07) is 14.6. The van der Waals surface area contributed by atoms with E-state index in [9.17, 15) is 9.59 Å². The lowest BCUT2D eigenvalue weighted by molar-refractivity contribution is 0.0579. The molecule has 10 nitrogen and oxygen atoms in total. The standard InChI is InChI=1S/C15H16N2O2.C10H12BrNO2.C5H6BNO2/c1-19-15(18)14-7-6-13(12-3-2-8-16-9-12)17(14)10-11-4-5-11;1-14-10(13)8-4-5-9(11)12(8)6-7-2-3-7;8-6(9)5-2-1-3-7-4-5/h2-3,6-9,11H,4-5,10H2,1H3;4-5,7H,2-3,6H2,1H3;1-4,8-9H. The Labute approximate surface area is 253 Å². The number of aromatic nitrogens is 4. The lowest BCUT2D eigenvalue weighted by Gasteiger charge is -2.11. The van der Waals surface area contributed by atoms with Gasteiger partial charge in [0.2, 0.25) is 0 Å². The van der Waals surface area contributed by atoms with Gasteiger partial charge in [0.15, 0.2) is 0 Å². The molecular weight excluding hydrogens is 603 g/mol. The third kappa shape index (κ3) is 8.64. The van der Waals surface area contributed by atoms with Crippen molar-refractivity contribution < 1.29 is 29.1 Å². The van der Waals surface area contributed by atoms with E-state index < -0.39 is 7.12 Å². The summed E-state index contributed by atoms with van der Waals surface area (Å²) >= 11 is 3.43. The zero-order valence-corrected chi connectivity index (χ0v) is 25.2. The molecule has 2 aliphatic rings. The van der Waals surface area contributed by atoms with Gasteiger partial charge in [-0.15, -0.1) is 0 Å². The van der Waals surface area contributed by atoms with Crippen molar-refractivity contribution in [3.8, 4) is 11.3 Å². The third-order valence-electron chi connectivity index (χ3n) is 6.91. The van der Waals surface area contributed by atoms with Crippen LogP contribution in [0.3, 0.4) is 0 Å². The largest absolute Gasteiger partial charge is 0.490 e. The molecule has 0 aromatic carbocycles. The molecule has 2 fully saturated rings. The number of nitrogens with zero attached hydrogens (tertiary/aromatic N) is 4. The van der Waals surface area contributed by atoms with Gasteiger partial charge in [-0.3, -0.25) is 9.97 Å². The fraction of sp³-hybridized carbons (Fsp3) is 0.333. The van der Waals surface area contributed by atoms with Crippen LogP contribution in [0.15, 0.2) is 77.9 Å². The van der Waals surface area contributed by atoms with Crippen LogP contribution in [0.4, 0.5) is 0 Å². The summed E-state index contributed by atoms with van der Waals surface area (Å²) in [6.45, 7) is 1.79. The van der Waals surface area contributed by atoms with E-state index in [2.05, 4.69) is 30.5 Å². The van der Waals surface area contributed by atoms with Gasteiger partial charge in [0.25, 0.3) is 0 Å². The topological polar surface area (TPSA) is 129 Å². The summed E-state index contributed by atoms with van der Waals surface area (Å²) in [5.74, 6) is 0.875. The average molecular weight is 637 g/mol. The van der Waals surface area contributed by atoms with Gasteiger partial charge in [-0.05, 0) is 95.9 Å². The zero-order valence-electron chi connectivity index (χ0n) is 23.6. The molecule has 0 radical (unpaired) electrons. The van der Waals surface area contributed by atoms with Gasteiger partial charge in [0.05, 0.1) is 24.5 Å². The van der Waals surface area contributed by atoms with Crippen molar-refractivity contribution in [1.82, 2.24) is 19.1 Å². The molecule has 4 aromatic rings. The highest BCUT2D eigenvalue weighted by atomic mass is 79.9. The SMILES string of the molecule is COC(=O)c1ccc(-c2cccnc2)n1CC1CC1.COC(=O)c1ccc(Br)n1CC1CC1.OB(O)c1cccnc1. The van der Waals surface area contributed by atoms with E-state index in [1.54, 1.807) is 30.6 Å². The second-order valence-corrected chi connectivity index (χ2v) is 11.0. The van der Waals surface area contributed by atoms with E-state index in [1.807, 2.05) is 41.1 Å². The lowest BCUT2D eigenvalue weighted by Crippen LogP contribution is -2.29. The number of halogens is 1. The number of pyridine rings is 2. The van der Waals surface area contributed by atoms with Crippen LogP contribution in [0.2, 0.25) is 0 Å². The van der Waals surface area contributed by atoms with E-state index in [-0.39, 0.29) is 11.9 Å². The Morgan fingerprint density at radius 2 is 1.38 bits per heavy atom. The summed E-state index contributed by atoms with van der Waals surface area (Å²) in [7, 11) is 1.42. The number of rotatable bonds is 8. The monoisotopic (exact) mass is 636 g/mol. The number of hydrogen-bond donors (Lipinski definition) is 2. The van der Waals surface area contributed by atoms with Crippen molar-refractivity contribution in [3.63, 3.8) is 0 Å². The Balaban J connectivity index is 0.000000155. The van der Waals surface area contributed by atoms with Crippen molar-refractivity contribution in [2.75, 3.05) is 14.2 Å². The molecule has 220 valence electrons. The molecule has 42 heavy (non-hydrogen) atoms. The molecule has 12 heteroatoms. The third-order valence-corrected chi connectivity index (χ3v) is 7.60. The maximum Gasteiger partial charge on any atom is 0.490 e. The molecule has 0 unspecified atom stereocenters. The van der Waals surface area contributed by atoms with Gasteiger partial charge in [-0.1, -0.05) is 6.07 Å². The minimum absolute atomic E-state index is 0.267. The fourth-order valence-corrected chi connectivity index (χ4v) is 4.74. The molecule has 2 saturated carbocycles. The van der Waals surface area contributed by atoms with E-state index in [1.165, 1.54) is 46.1 Å². The zero-order chi connectivity index (χ0) is 30.1. The second kappa shape index (κ2) is 14.9. The van der Waals surface area contributed by atoms with Crippen LogP contribution in [0.25, 0.3) is 11.3 Å². The summed E-state index contributed by atoms with van der Waals surface area (Å²) in [5.41, 5.74) is 3.72. The van der Waals surface area contributed by atoms with E-state index in [0.29, 0.717) is 22.8 Å². The molecule has 0 atom stereocenters. The highest BCUT2D eigenvalue weighted by Gasteiger charge is 2.26. The smallest absolute Gasteiger partial charge is 0.464 e. The van der Waals surface area contributed by atoms with Crippen LogP contribution in [0, 0.1) is 11.8 Å². The first-order valence-electron chi connectivity index (χ1n) is 13.7. The Morgan fingerprint density at radius 1 is 0.833 bits per heavy atom. The molecule has 6 rings (SSSR count). The minimum Gasteiger partial charge on any atom is -0.464 e. The summed E-state index contributed by atoms with van der Waals surface area (Å²) in [6.07, 6.45) is 11.6. The maximum absolute atomic E-state index is 11.8. The molecule has 0 spiro atoms. The molecule has 2 N–H and O–H groups in total. The molecular formula is C30H34BBrN4O6. The van der Waals surface area contributed by atoms with Crippen LogP contribution in [0.1, 0.15) is 46.7 Å². The van der Waals surface area contributed by atoms with E-state index in [4.69, 9.17) is 19.5 Å². The number of ether oxygens (including phenoxy) is 2. The first-order chi connectivity index (χ1) is 20.3. The normalized spacial score (nSPS) is 13.6. The molecule has 0 bridgehead atoms. The number of carbonyl (C=O) groups excluding carboxylic acids is 2. The summed E-state index contributed by atoms with van der Waals surface area (Å²) in [4.78, 5) is 31.0. The average Bonchev–Trinajstić information content (AvgIpc) is 3.94. The van der Waals surface area contributed by atoms with Crippen molar-refractivity contribution in [1.29, 1.82) is 0 Å². The van der Waals surface area contributed by atoms with Crippen LogP contribution in [0.5, 0.6) is 0 Å². The van der Waals surface area contributed by atoms with Crippen molar-refractivity contribution in [3.05, 3.63) is 89.3 Å². The predicted molar refractivity (Wildman–Crippen MR) is 162 cm³/mol. The Hall–Kier alpha value is -3.74. The van der Waals surface area contributed by atoms with E-state index in [0.717, 1.165) is 34.9 Å². The highest BCUT2D eigenvalue weighted by Crippen LogP contribution is 2.34. The second-order valence-electron chi connectivity index (χ2n) is 10.1. The summed E-state index contributed by atoms with van der Waals surface area (Å²) in [5, 5.41) is 17.1. The number of esters is 2. The van der Waals surface area contributed by atoms with Crippen molar-refractivity contribution >= 4 is 40.4 Å². The first kappa shape index (κ1) is 31.2. The number of methoxy groups -OCH3 is 2. The summed E-state index contributed by atoms with van der Waals surface area (Å²) < 4.78 is 14.5.